The highest BCUT2D eigenvalue weighted by Crippen LogP contribution is 2.33. The second-order valence-electron chi connectivity index (χ2n) is 6.21. The zero-order valence-corrected chi connectivity index (χ0v) is 14.5. The third-order valence-corrected chi connectivity index (χ3v) is 4.23. The van der Waals surface area contributed by atoms with Crippen molar-refractivity contribution < 1.29 is 4.39 Å². The fraction of sp³-hybridized carbons (Fsp3) is 0.0952. The lowest BCUT2D eigenvalue weighted by atomic mass is 10.1. The molecule has 0 atom stereocenters. The quantitative estimate of drug-likeness (QED) is 0.410. The molecule has 0 saturated heterocycles. The van der Waals surface area contributed by atoms with Gasteiger partial charge in [0.25, 0.3) is 0 Å². The number of pyridine rings is 1. The predicted octanol–water partition coefficient (Wildman–Crippen LogP) is 6.17. The van der Waals surface area contributed by atoms with E-state index in [2.05, 4.69) is 15.2 Å². The van der Waals surface area contributed by atoms with Crippen LogP contribution in [-0.2, 0) is 0 Å². The number of fused-ring (bicyclic) bond motifs is 1. The lowest BCUT2D eigenvalue weighted by molar-refractivity contribution is 0.619. The summed E-state index contributed by atoms with van der Waals surface area (Å²) in [5.41, 5.74) is 4.76. The second kappa shape index (κ2) is 6.52. The second-order valence-corrected chi connectivity index (χ2v) is 6.21. The number of rotatable bonds is 3. The smallest absolute Gasteiger partial charge is 0.187 e. The molecule has 0 aliphatic carbocycles. The van der Waals surface area contributed by atoms with Gasteiger partial charge in [0.15, 0.2) is 5.82 Å². The molecule has 4 aromatic rings. The summed E-state index contributed by atoms with van der Waals surface area (Å²) in [4.78, 5) is 4.67. The molecule has 0 N–H and O–H groups in total. The first-order valence-corrected chi connectivity index (χ1v) is 8.34. The summed E-state index contributed by atoms with van der Waals surface area (Å²) in [5, 5.41) is 8.81. The van der Waals surface area contributed by atoms with Crippen LogP contribution in [-0.4, -0.2) is 9.38 Å². The van der Waals surface area contributed by atoms with E-state index >= 15 is 0 Å². The first kappa shape index (κ1) is 16.1. The fourth-order valence-corrected chi connectivity index (χ4v) is 2.78. The van der Waals surface area contributed by atoms with E-state index in [1.54, 1.807) is 19.1 Å². The lowest BCUT2D eigenvalue weighted by Gasteiger charge is -2.02. The molecule has 26 heavy (non-hydrogen) atoms. The Balaban J connectivity index is 1.86. The maximum Gasteiger partial charge on any atom is 0.187 e. The van der Waals surface area contributed by atoms with Gasteiger partial charge in [0.2, 0.25) is 0 Å². The lowest BCUT2D eigenvalue weighted by Crippen LogP contribution is -1.85. The van der Waals surface area contributed by atoms with Crippen molar-refractivity contribution in [3.8, 4) is 11.3 Å². The number of aryl methyl sites for hydroxylation is 2. The minimum atomic E-state index is -0.236. The van der Waals surface area contributed by atoms with Gasteiger partial charge in [-0.15, -0.1) is 10.2 Å². The van der Waals surface area contributed by atoms with E-state index in [0.717, 1.165) is 16.9 Å². The Morgan fingerprint density at radius 3 is 2.50 bits per heavy atom. The first-order chi connectivity index (χ1) is 12.6. The molecule has 2 heterocycles. The number of halogens is 1. The van der Waals surface area contributed by atoms with Crippen LogP contribution in [0, 0.1) is 19.7 Å². The van der Waals surface area contributed by atoms with Crippen LogP contribution in [0.1, 0.15) is 11.1 Å². The van der Waals surface area contributed by atoms with Crippen LogP contribution in [0.15, 0.2) is 77.1 Å². The van der Waals surface area contributed by atoms with E-state index < -0.39 is 0 Å². The van der Waals surface area contributed by atoms with Crippen molar-refractivity contribution in [1.29, 1.82) is 0 Å². The Bertz CT molecular complexity index is 1110. The summed E-state index contributed by atoms with van der Waals surface area (Å²) in [6.45, 7) is 3.77. The van der Waals surface area contributed by atoms with Gasteiger partial charge in [0.1, 0.15) is 17.2 Å². The molecule has 4 rings (SSSR count). The summed E-state index contributed by atoms with van der Waals surface area (Å²) in [7, 11) is 0. The van der Waals surface area contributed by atoms with Gasteiger partial charge in [-0.1, -0.05) is 23.8 Å². The average molecular weight is 344 g/mol. The fourth-order valence-electron chi connectivity index (χ4n) is 2.78. The Labute approximate surface area is 150 Å². The molecule has 0 fully saturated rings. The van der Waals surface area contributed by atoms with Gasteiger partial charge in [-0.25, -0.2) is 9.37 Å². The Morgan fingerprint density at radius 2 is 1.73 bits per heavy atom. The molecule has 0 bridgehead atoms. The van der Waals surface area contributed by atoms with Crippen molar-refractivity contribution in [2.24, 2.45) is 10.2 Å². The van der Waals surface area contributed by atoms with Gasteiger partial charge >= 0.3 is 0 Å². The van der Waals surface area contributed by atoms with E-state index in [0.29, 0.717) is 17.1 Å². The highest BCUT2D eigenvalue weighted by Gasteiger charge is 2.14. The van der Waals surface area contributed by atoms with E-state index in [9.17, 15) is 4.39 Å². The molecule has 2 aromatic carbocycles. The molecule has 4 nitrogen and oxygen atoms in total. The third-order valence-electron chi connectivity index (χ3n) is 4.23. The van der Waals surface area contributed by atoms with Gasteiger partial charge in [-0.3, -0.25) is 4.40 Å². The highest BCUT2D eigenvalue weighted by molar-refractivity contribution is 5.74. The van der Waals surface area contributed by atoms with Gasteiger partial charge < -0.3 is 0 Å². The number of imidazole rings is 1. The van der Waals surface area contributed by atoms with Gasteiger partial charge in [-0.2, -0.15) is 0 Å². The number of hydrogen-bond acceptors (Lipinski definition) is 3. The van der Waals surface area contributed by atoms with Crippen molar-refractivity contribution in [1.82, 2.24) is 9.38 Å². The molecule has 0 radical (unpaired) electrons. The van der Waals surface area contributed by atoms with E-state index in [1.165, 1.54) is 11.6 Å². The van der Waals surface area contributed by atoms with Crippen LogP contribution >= 0.6 is 0 Å². The molecule has 2 aromatic heterocycles. The summed E-state index contributed by atoms with van der Waals surface area (Å²) in [6.07, 6.45) is 1.89. The molecule has 0 aliphatic rings. The maximum atomic E-state index is 13.7. The van der Waals surface area contributed by atoms with Crippen LogP contribution < -0.4 is 0 Å². The van der Waals surface area contributed by atoms with E-state index in [4.69, 9.17) is 0 Å². The number of hydrogen-bond donors (Lipinski definition) is 0. The SMILES string of the molecule is Cc1ccc(N=Nc2c(-c3ccc(F)c(C)c3)nc3ccccn23)cc1. The van der Waals surface area contributed by atoms with Gasteiger partial charge in [0, 0.05) is 11.8 Å². The van der Waals surface area contributed by atoms with E-state index in [-0.39, 0.29) is 5.82 Å². The monoisotopic (exact) mass is 344 g/mol. The zero-order chi connectivity index (χ0) is 18.1. The normalized spacial score (nSPS) is 11.5. The number of aromatic nitrogens is 2. The average Bonchev–Trinajstić information content (AvgIpc) is 3.02. The molecule has 0 aliphatic heterocycles. The summed E-state index contributed by atoms with van der Waals surface area (Å²) in [5.74, 6) is 0.382. The van der Waals surface area contributed by atoms with Gasteiger partial charge in [-0.05, 0) is 61.9 Å². The standard InChI is InChI=1S/C21H17FN4/c1-14-6-9-17(10-7-14)24-25-21-20(16-8-11-18(22)15(2)13-16)23-19-5-3-4-12-26(19)21/h3-13H,1-2H3. The largest absolute Gasteiger partial charge is 0.283 e. The van der Waals surface area contributed by atoms with Crippen molar-refractivity contribution in [2.75, 3.05) is 0 Å². The number of nitrogens with zero attached hydrogens (tertiary/aromatic N) is 4. The Kier molecular flexibility index (Phi) is 4.05. The molecule has 0 saturated carbocycles. The summed E-state index contributed by atoms with van der Waals surface area (Å²) in [6, 6.07) is 18.5. The van der Waals surface area contributed by atoms with Crippen LogP contribution in [0.3, 0.4) is 0 Å². The predicted molar refractivity (Wildman–Crippen MR) is 101 cm³/mol. The first-order valence-electron chi connectivity index (χ1n) is 8.34. The topological polar surface area (TPSA) is 42.0 Å². The molecule has 128 valence electrons. The summed E-state index contributed by atoms with van der Waals surface area (Å²) < 4.78 is 15.5. The highest BCUT2D eigenvalue weighted by atomic mass is 19.1. The third kappa shape index (κ3) is 2.99. The minimum Gasteiger partial charge on any atom is -0.283 e. The van der Waals surface area contributed by atoms with Crippen molar-refractivity contribution in [3.05, 3.63) is 83.8 Å². The molecule has 5 heteroatoms. The van der Waals surface area contributed by atoms with Crippen molar-refractivity contribution in [3.63, 3.8) is 0 Å². The Hall–Kier alpha value is -3.34. The van der Waals surface area contributed by atoms with Gasteiger partial charge in [0.05, 0.1) is 5.69 Å². The Morgan fingerprint density at radius 1 is 0.923 bits per heavy atom. The van der Waals surface area contributed by atoms with Crippen molar-refractivity contribution >= 4 is 17.2 Å². The molecule has 0 spiro atoms. The number of benzene rings is 2. The zero-order valence-electron chi connectivity index (χ0n) is 14.5. The summed E-state index contributed by atoms with van der Waals surface area (Å²) >= 11 is 0. The molecular formula is C21H17FN4. The number of azo groups is 1. The minimum absolute atomic E-state index is 0.236. The van der Waals surface area contributed by atoms with Crippen LogP contribution in [0.4, 0.5) is 15.9 Å². The molecule has 0 unspecified atom stereocenters. The van der Waals surface area contributed by atoms with Crippen LogP contribution in [0.25, 0.3) is 16.9 Å². The van der Waals surface area contributed by atoms with Crippen LogP contribution in [0.2, 0.25) is 0 Å². The van der Waals surface area contributed by atoms with Crippen molar-refractivity contribution in [2.45, 2.75) is 13.8 Å². The molecular weight excluding hydrogens is 327 g/mol. The molecule has 0 amide bonds. The maximum absolute atomic E-state index is 13.7. The van der Waals surface area contributed by atoms with Crippen LogP contribution in [0.5, 0.6) is 0 Å². The van der Waals surface area contributed by atoms with E-state index in [1.807, 2.05) is 60.0 Å².